The number of ether oxygens (including phenoxy) is 1. The minimum atomic E-state index is 0.641. The third kappa shape index (κ3) is 3.03. The first kappa shape index (κ1) is 13.1. The summed E-state index contributed by atoms with van der Waals surface area (Å²) in [6, 6.07) is 3.89. The lowest BCUT2D eigenvalue weighted by Gasteiger charge is -2.22. The van der Waals surface area contributed by atoms with Crippen molar-refractivity contribution < 1.29 is 4.74 Å². The molecule has 0 spiro atoms. The van der Waals surface area contributed by atoms with Crippen LogP contribution in [0.25, 0.3) is 0 Å². The van der Waals surface area contributed by atoms with E-state index >= 15 is 0 Å². The molecule has 1 rings (SSSR count). The van der Waals surface area contributed by atoms with Crippen molar-refractivity contribution in [2.75, 3.05) is 32.1 Å². The highest BCUT2D eigenvalue weighted by Gasteiger charge is 2.09. The Kier molecular flexibility index (Phi) is 4.90. The van der Waals surface area contributed by atoms with Gasteiger partial charge in [0.15, 0.2) is 0 Å². The number of nitrogens with two attached hydrogens (primary N) is 1. The highest BCUT2D eigenvalue weighted by atomic mass is 35.5. The van der Waals surface area contributed by atoms with Gasteiger partial charge in [-0.2, -0.15) is 0 Å². The van der Waals surface area contributed by atoms with Crippen molar-refractivity contribution in [2.24, 2.45) is 5.73 Å². The molecule has 0 fully saturated rings. The van der Waals surface area contributed by atoms with E-state index in [4.69, 9.17) is 22.1 Å². The van der Waals surface area contributed by atoms with Crippen molar-refractivity contribution in [2.45, 2.75) is 13.3 Å². The summed E-state index contributed by atoms with van der Waals surface area (Å²) in [6.07, 6.45) is 0.972. The molecule has 0 saturated carbocycles. The van der Waals surface area contributed by atoms with Gasteiger partial charge in [-0.3, -0.25) is 0 Å². The number of hydrogen-bond donors (Lipinski definition) is 1. The van der Waals surface area contributed by atoms with Crippen molar-refractivity contribution >= 4 is 17.3 Å². The molecule has 0 aliphatic heterocycles. The van der Waals surface area contributed by atoms with Crippen LogP contribution >= 0.6 is 11.6 Å². The minimum Gasteiger partial charge on any atom is -0.495 e. The molecule has 0 radical (unpaired) electrons. The second-order valence-electron chi connectivity index (χ2n) is 3.84. The van der Waals surface area contributed by atoms with Gasteiger partial charge in [-0.1, -0.05) is 11.6 Å². The summed E-state index contributed by atoms with van der Waals surface area (Å²) < 4.78 is 5.17. The average molecular weight is 243 g/mol. The van der Waals surface area contributed by atoms with Crippen LogP contribution in [0.2, 0.25) is 5.02 Å². The summed E-state index contributed by atoms with van der Waals surface area (Å²) in [5, 5.41) is 0.641. The van der Waals surface area contributed by atoms with Crippen LogP contribution in [0, 0.1) is 6.92 Å². The van der Waals surface area contributed by atoms with Gasteiger partial charge in [0.05, 0.1) is 12.1 Å². The molecule has 1 aromatic rings. The Bertz CT molecular complexity index is 355. The van der Waals surface area contributed by atoms with E-state index in [0.717, 1.165) is 30.0 Å². The predicted octanol–water partition coefficient (Wildman–Crippen LogP) is 2.44. The molecule has 0 aliphatic carbocycles. The molecular weight excluding hydrogens is 224 g/mol. The van der Waals surface area contributed by atoms with Gasteiger partial charge in [-0.05, 0) is 37.6 Å². The number of halogens is 1. The minimum absolute atomic E-state index is 0.641. The number of nitrogens with zero attached hydrogens (tertiary/aromatic N) is 1. The topological polar surface area (TPSA) is 38.5 Å². The van der Waals surface area contributed by atoms with Crippen LogP contribution in [0.3, 0.4) is 0 Å². The van der Waals surface area contributed by atoms with Crippen molar-refractivity contribution in [1.82, 2.24) is 0 Å². The van der Waals surface area contributed by atoms with E-state index in [0.29, 0.717) is 11.6 Å². The Labute approximate surface area is 102 Å². The lowest BCUT2D eigenvalue weighted by atomic mass is 10.1. The lowest BCUT2D eigenvalue weighted by molar-refractivity contribution is 0.414. The Morgan fingerprint density at radius 2 is 2.12 bits per heavy atom. The highest BCUT2D eigenvalue weighted by Crippen LogP contribution is 2.32. The van der Waals surface area contributed by atoms with Gasteiger partial charge >= 0.3 is 0 Å². The maximum atomic E-state index is 6.10. The van der Waals surface area contributed by atoms with E-state index in [9.17, 15) is 0 Å². The Balaban J connectivity index is 2.92. The lowest BCUT2D eigenvalue weighted by Crippen LogP contribution is -2.21. The van der Waals surface area contributed by atoms with Gasteiger partial charge in [-0.25, -0.2) is 0 Å². The van der Waals surface area contributed by atoms with Crippen LogP contribution in [-0.2, 0) is 0 Å². The highest BCUT2D eigenvalue weighted by molar-refractivity contribution is 6.32. The largest absolute Gasteiger partial charge is 0.495 e. The molecule has 4 heteroatoms. The third-order valence-electron chi connectivity index (χ3n) is 2.58. The van der Waals surface area contributed by atoms with E-state index in [1.165, 1.54) is 0 Å². The van der Waals surface area contributed by atoms with Gasteiger partial charge in [-0.15, -0.1) is 0 Å². The molecule has 1 aromatic carbocycles. The van der Waals surface area contributed by atoms with Gasteiger partial charge < -0.3 is 15.4 Å². The van der Waals surface area contributed by atoms with Gasteiger partial charge in [0.1, 0.15) is 5.75 Å². The molecule has 16 heavy (non-hydrogen) atoms. The van der Waals surface area contributed by atoms with E-state index < -0.39 is 0 Å². The predicted molar refractivity (Wildman–Crippen MR) is 69.7 cm³/mol. The molecule has 0 saturated heterocycles. The number of anilines is 1. The summed E-state index contributed by atoms with van der Waals surface area (Å²) in [5.41, 5.74) is 7.77. The molecule has 0 aliphatic rings. The SMILES string of the molecule is COc1cc(C)c(N(C)CCCN)cc1Cl. The van der Waals surface area contributed by atoms with Crippen molar-refractivity contribution in [3.8, 4) is 5.75 Å². The molecule has 90 valence electrons. The zero-order valence-electron chi connectivity index (χ0n) is 10.1. The van der Waals surface area contributed by atoms with Crippen LogP contribution in [0.4, 0.5) is 5.69 Å². The first-order valence-corrected chi connectivity index (χ1v) is 5.73. The number of methoxy groups -OCH3 is 1. The molecular formula is C12H19ClN2O. The Morgan fingerprint density at radius 1 is 1.44 bits per heavy atom. The molecule has 0 unspecified atom stereocenters. The van der Waals surface area contributed by atoms with Crippen molar-refractivity contribution in [1.29, 1.82) is 0 Å². The molecule has 3 nitrogen and oxygen atoms in total. The fourth-order valence-electron chi connectivity index (χ4n) is 1.66. The molecule has 0 heterocycles. The van der Waals surface area contributed by atoms with E-state index in [2.05, 4.69) is 4.90 Å². The van der Waals surface area contributed by atoms with Crippen LogP contribution in [0.15, 0.2) is 12.1 Å². The number of rotatable bonds is 5. The van der Waals surface area contributed by atoms with Crippen LogP contribution in [0.1, 0.15) is 12.0 Å². The Morgan fingerprint density at radius 3 is 2.69 bits per heavy atom. The van der Waals surface area contributed by atoms with Gasteiger partial charge in [0.2, 0.25) is 0 Å². The maximum Gasteiger partial charge on any atom is 0.137 e. The zero-order valence-corrected chi connectivity index (χ0v) is 10.8. The Hall–Kier alpha value is -0.930. The summed E-state index contributed by atoms with van der Waals surface area (Å²) in [7, 11) is 3.67. The zero-order chi connectivity index (χ0) is 12.1. The summed E-state index contributed by atoms with van der Waals surface area (Å²) in [5.74, 6) is 0.718. The molecule has 2 N–H and O–H groups in total. The second-order valence-corrected chi connectivity index (χ2v) is 4.24. The van der Waals surface area contributed by atoms with Gasteiger partial charge in [0.25, 0.3) is 0 Å². The fourth-order valence-corrected chi connectivity index (χ4v) is 1.90. The maximum absolute atomic E-state index is 6.10. The fraction of sp³-hybridized carbons (Fsp3) is 0.500. The van der Waals surface area contributed by atoms with Crippen LogP contribution in [0.5, 0.6) is 5.75 Å². The monoisotopic (exact) mass is 242 g/mol. The summed E-state index contributed by atoms with van der Waals surface area (Å²) in [4.78, 5) is 2.16. The second kappa shape index (κ2) is 5.97. The molecule has 0 atom stereocenters. The van der Waals surface area contributed by atoms with Crippen LogP contribution in [-0.4, -0.2) is 27.2 Å². The average Bonchev–Trinajstić information content (AvgIpc) is 2.28. The summed E-state index contributed by atoms with van der Waals surface area (Å²) >= 11 is 6.10. The number of aryl methyl sites for hydroxylation is 1. The molecule has 0 amide bonds. The van der Waals surface area contributed by atoms with E-state index in [1.54, 1.807) is 7.11 Å². The van der Waals surface area contributed by atoms with E-state index in [1.807, 2.05) is 26.1 Å². The standard InChI is InChI=1S/C12H19ClN2O/c1-9-7-12(16-3)10(13)8-11(9)15(2)6-4-5-14/h7-8H,4-6,14H2,1-3H3. The quantitative estimate of drug-likeness (QED) is 0.862. The molecule has 0 aromatic heterocycles. The van der Waals surface area contributed by atoms with E-state index in [-0.39, 0.29) is 0 Å². The number of benzene rings is 1. The number of hydrogen-bond acceptors (Lipinski definition) is 3. The first-order valence-electron chi connectivity index (χ1n) is 5.35. The van der Waals surface area contributed by atoms with Gasteiger partial charge in [0, 0.05) is 19.3 Å². The first-order chi connectivity index (χ1) is 7.60. The van der Waals surface area contributed by atoms with Crippen molar-refractivity contribution in [3.63, 3.8) is 0 Å². The summed E-state index contributed by atoms with van der Waals surface area (Å²) in [6.45, 7) is 3.68. The third-order valence-corrected chi connectivity index (χ3v) is 2.87. The van der Waals surface area contributed by atoms with Crippen molar-refractivity contribution in [3.05, 3.63) is 22.7 Å². The van der Waals surface area contributed by atoms with Crippen LogP contribution < -0.4 is 15.4 Å². The molecule has 0 bridgehead atoms. The normalized spacial score (nSPS) is 10.3. The smallest absolute Gasteiger partial charge is 0.137 e.